The smallest absolute Gasteiger partial charge is 0.162 e. The van der Waals surface area contributed by atoms with Crippen molar-refractivity contribution in [1.29, 1.82) is 0 Å². The van der Waals surface area contributed by atoms with Crippen LogP contribution in [0.15, 0.2) is 12.4 Å². The highest BCUT2D eigenvalue weighted by Gasteiger charge is 2.30. The lowest BCUT2D eigenvalue weighted by molar-refractivity contribution is 0.101. The molecule has 1 heterocycles. The lowest BCUT2D eigenvalue weighted by Crippen LogP contribution is -2.28. The highest BCUT2D eigenvalue weighted by atomic mass is 79.9. The molecule has 1 aromatic heterocycles. The van der Waals surface area contributed by atoms with Gasteiger partial charge in [0.2, 0.25) is 0 Å². The number of rotatable bonds is 4. The van der Waals surface area contributed by atoms with E-state index in [-0.39, 0.29) is 5.78 Å². The molecule has 0 radical (unpaired) electrons. The van der Waals surface area contributed by atoms with Gasteiger partial charge in [0.25, 0.3) is 0 Å². The summed E-state index contributed by atoms with van der Waals surface area (Å²) in [5.41, 5.74) is 1.03. The number of hydrogen-bond acceptors (Lipinski definition) is 2. The average Bonchev–Trinajstić information content (AvgIpc) is 2.69. The topological polar surface area (TPSA) is 34.9 Å². The molecule has 18 heavy (non-hydrogen) atoms. The molecule has 1 aliphatic carbocycles. The van der Waals surface area contributed by atoms with Crippen LogP contribution in [0.1, 0.15) is 55.8 Å². The van der Waals surface area contributed by atoms with Gasteiger partial charge in [-0.15, -0.1) is 0 Å². The van der Waals surface area contributed by atoms with Crippen LogP contribution in [0.5, 0.6) is 0 Å². The minimum Gasteiger partial charge on any atom is -0.294 e. The third kappa shape index (κ3) is 3.22. The Balaban J connectivity index is 2.10. The van der Waals surface area contributed by atoms with Gasteiger partial charge in [-0.25, -0.2) is 0 Å². The number of Topliss-reactive ketones (excluding diaryl/α,β-unsaturated/α-hetero) is 1. The summed E-state index contributed by atoms with van der Waals surface area (Å²) >= 11 is 3.69. The molecule has 2 rings (SSSR count). The van der Waals surface area contributed by atoms with E-state index in [2.05, 4.69) is 21.0 Å². The fourth-order valence-electron chi connectivity index (χ4n) is 2.79. The van der Waals surface area contributed by atoms with E-state index in [9.17, 15) is 4.79 Å². The molecule has 0 bridgehead atoms. The molecule has 100 valence electrons. The second-order valence-electron chi connectivity index (χ2n) is 5.53. The van der Waals surface area contributed by atoms with Crippen molar-refractivity contribution in [1.82, 2.24) is 9.78 Å². The molecule has 1 aliphatic rings. The highest BCUT2D eigenvalue weighted by Crippen LogP contribution is 2.38. The molecule has 0 amide bonds. The van der Waals surface area contributed by atoms with Crippen LogP contribution in [0.25, 0.3) is 0 Å². The zero-order chi connectivity index (χ0) is 13.0. The molecule has 4 heteroatoms. The van der Waals surface area contributed by atoms with Crippen LogP contribution in [0.4, 0.5) is 0 Å². The normalized spacial score (nSPS) is 19.4. The van der Waals surface area contributed by atoms with Gasteiger partial charge in [0.15, 0.2) is 5.78 Å². The van der Waals surface area contributed by atoms with Gasteiger partial charge in [0, 0.05) is 18.1 Å². The van der Waals surface area contributed by atoms with Crippen molar-refractivity contribution < 1.29 is 4.79 Å². The largest absolute Gasteiger partial charge is 0.294 e. The quantitative estimate of drug-likeness (QED) is 0.481. The van der Waals surface area contributed by atoms with Crippen LogP contribution in [0.2, 0.25) is 0 Å². The first-order chi connectivity index (χ1) is 8.65. The number of aromatic nitrogens is 2. The summed E-state index contributed by atoms with van der Waals surface area (Å²) < 4.78 is 1.95. The maximum atomic E-state index is 11.3. The van der Waals surface area contributed by atoms with Crippen molar-refractivity contribution in [3.05, 3.63) is 18.0 Å². The summed E-state index contributed by atoms with van der Waals surface area (Å²) in [7, 11) is 0. The molecule has 1 fully saturated rings. The van der Waals surface area contributed by atoms with Crippen LogP contribution >= 0.6 is 15.9 Å². The van der Waals surface area contributed by atoms with E-state index in [1.807, 2.05) is 10.9 Å². The minimum absolute atomic E-state index is 0.0926. The molecule has 1 saturated carbocycles. The van der Waals surface area contributed by atoms with E-state index < -0.39 is 0 Å². The Hall–Kier alpha value is -0.640. The molecule has 0 saturated heterocycles. The van der Waals surface area contributed by atoms with Gasteiger partial charge < -0.3 is 0 Å². The van der Waals surface area contributed by atoms with Crippen LogP contribution in [0.3, 0.4) is 0 Å². The van der Waals surface area contributed by atoms with E-state index in [1.165, 1.54) is 38.5 Å². The molecular formula is C14H21BrN2O. The molecular weight excluding hydrogens is 292 g/mol. The molecule has 3 nitrogen and oxygen atoms in total. The van der Waals surface area contributed by atoms with E-state index in [4.69, 9.17) is 0 Å². The molecule has 0 atom stereocenters. The fraction of sp³-hybridized carbons (Fsp3) is 0.714. The summed E-state index contributed by atoms with van der Waals surface area (Å²) in [5, 5.41) is 5.35. The summed E-state index contributed by atoms with van der Waals surface area (Å²) in [5.74, 6) is 0.0926. The van der Waals surface area contributed by atoms with Gasteiger partial charge in [-0.2, -0.15) is 5.10 Å². The number of alkyl halides is 1. The molecule has 0 unspecified atom stereocenters. The van der Waals surface area contributed by atoms with Gasteiger partial charge in [0.1, 0.15) is 0 Å². The van der Waals surface area contributed by atoms with E-state index in [0.717, 1.165) is 11.9 Å². The Kier molecular flexibility index (Phi) is 4.60. The van der Waals surface area contributed by atoms with Gasteiger partial charge >= 0.3 is 0 Å². The zero-order valence-electron chi connectivity index (χ0n) is 11.0. The molecule has 0 N–H and O–H groups in total. The maximum absolute atomic E-state index is 11.3. The first-order valence-electron chi connectivity index (χ1n) is 6.75. The van der Waals surface area contributed by atoms with Gasteiger partial charge in [-0.3, -0.25) is 9.48 Å². The Bertz CT molecular complexity index is 406. The lowest BCUT2D eigenvalue weighted by Gasteiger charge is -2.30. The van der Waals surface area contributed by atoms with Crippen molar-refractivity contribution >= 4 is 21.7 Å². The Morgan fingerprint density at radius 1 is 1.39 bits per heavy atom. The molecule has 0 aromatic carbocycles. The Morgan fingerprint density at radius 2 is 2.06 bits per heavy atom. The zero-order valence-corrected chi connectivity index (χ0v) is 12.6. The summed E-state index contributed by atoms with van der Waals surface area (Å²) in [6.45, 7) is 2.51. The first kappa shape index (κ1) is 13.8. The number of nitrogens with zero attached hydrogens (tertiary/aromatic N) is 2. The van der Waals surface area contributed by atoms with Crippen molar-refractivity contribution in [2.24, 2.45) is 5.41 Å². The Morgan fingerprint density at radius 3 is 2.56 bits per heavy atom. The summed E-state index contributed by atoms with van der Waals surface area (Å²) in [6.07, 6.45) is 11.4. The lowest BCUT2D eigenvalue weighted by atomic mass is 9.82. The predicted octanol–water partition coefficient (Wildman–Crippen LogP) is 3.82. The number of carbonyl (C=O) groups excluding carboxylic acids is 1. The fourth-order valence-corrected chi connectivity index (χ4v) is 3.53. The Labute approximate surface area is 117 Å². The number of ketones is 1. The van der Waals surface area contributed by atoms with Crippen molar-refractivity contribution in [3.8, 4) is 0 Å². The van der Waals surface area contributed by atoms with Crippen LogP contribution in [-0.4, -0.2) is 20.9 Å². The maximum Gasteiger partial charge on any atom is 0.162 e. The number of carbonyl (C=O) groups is 1. The monoisotopic (exact) mass is 312 g/mol. The van der Waals surface area contributed by atoms with Crippen molar-refractivity contribution in [3.63, 3.8) is 0 Å². The second kappa shape index (κ2) is 6.00. The summed E-state index contributed by atoms with van der Waals surface area (Å²) in [4.78, 5) is 11.3. The van der Waals surface area contributed by atoms with E-state index in [1.54, 1.807) is 13.1 Å². The molecule has 1 aromatic rings. The SMILES string of the molecule is CC(=O)c1cnn(CC2(CBr)CCCCCC2)c1. The third-order valence-corrected chi connectivity index (χ3v) is 5.17. The van der Waals surface area contributed by atoms with Crippen LogP contribution < -0.4 is 0 Å². The predicted molar refractivity (Wildman–Crippen MR) is 76.2 cm³/mol. The second-order valence-corrected chi connectivity index (χ2v) is 6.09. The van der Waals surface area contributed by atoms with Crippen molar-refractivity contribution in [2.45, 2.75) is 52.0 Å². The van der Waals surface area contributed by atoms with Crippen molar-refractivity contribution in [2.75, 3.05) is 5.33 Å². The number of halogens is 1. The average molecular weight is 313 g/mol. The van der Waals surface area contributed by atoms with Gasteiger partial charge in [0.05, 0.1) is 11.8 Å². The standard InChI is InChI=1S/C14H21BrN2O/c1-12(18)13-8-16-17(9-13)11-14(10-15)6-4-2-3-5-7-14/h8-9H,2-7,10-11H2,1H3. The first-order valence-corrected chi connectivity index (χ1v) is 7.87. The van der Waals surface area contributed by atoms with Gasteiger partial charge in [-0.05, 0) is 25.2 Å². The van der Waals surface area contributed by atoms with Crippen LogP contribution in [0, 0.1) is 5.41 Å². The molecule has 0 aliphatic heterocycles. The van der Waals surface area contributed by atoms with Gasteiger partial charge in [-0.1, -0.05) is 41.6 Å². The third-order valence-electron chi connectivity index (χ3n) is 3.98. The van der Waals surface area contributed by atoms with E-state index in [0.29, 0.717) is 11.0 Å². The van der Waals surface area contributed by atoms with E-state index >= 15 is 0 Å². The highest BCUT2D eigenvalue weighted by molar-refractivity contribution is 9.09. The molecule has 0 spiro atoms. The summed E-state index contributed by atoms with van der Waals surface area (Å²) in [6, 6.07) is 0. The van der Waals surface area contributed by atoms with Crippen LogP contribution in [-0.2, 0) is 6.54 Å². The number of hydrogen-bond donors (Lipinski definition) is 0. The minimum atomic E-state index is 0.0926.